The van der Waals surface area contributed by atoms with Gasteiger partial charge in [-0.15, -0.1) is 0 Å². The Balaban J connectivity index is 5.27. The third kappa shape index (κ3) is 11.0. The summed E-state index contributed by atoms with van der Waals surface area (Å²) in [6.07, 6.45) is 6.72. The van der Waals surface area contributed by atoms with E-state index in [1.54, 1.807) is 13.8 Å². The number of quaternary nitrogens is 1. The van der Waals surface area contributed by atoms with Crippen molar-refractivity contribution in [2.75, 3.05) is 39.3 Å². The number of unbranched alkanes of at least 4 members (excludes halogenated alkanes) is 1. The zero-order valence-electron chi connectivity index (χ0n) is 18.1. The average Bonchev–Trinajstić information content (AvgIpc) is 2.67. The minimum atomic E-state index is -1.18. The second-order valence-corrected chi connectivity index (χ2v) is 7.56. The van der Waals surface area contributed by atoms with E-state index in [1.807, 2.05) is 12.2 Å². The van der Waals surface area contributed by atoms with Gasteiger partial charge in [-0.05, 0) is 19.3 Å². The van der Waals surface area contributed by atoms with Crippen LogP contribution in [0.25, 0.3) is 0 Å². The smallest absolute Gasteiger partial charge is 0.312 e. The minimum Gasteiger partial charge on any atom is -0.550 e. The van der Waals surface area contributed by atoms with E-state index >= 15 is 0 Å². The zero-order valence-corrected chi connectivity index (χ0v) is 18.1. The fourth-order valence-corrected chi connectivity index (χ4v) is 3.43. The van der Waals surface area contributed by atoms with Gasteiger partial charge in [-0.25, -0.2) is 0 Å². The summed E-state index contributed by atoms with van der Waals surface area (Å²) in [4.78, 5) is 35.1. The van der Waals surface area contributed by atoms with E-state index in [2.05, 4.69) is 12.2 Å². The van der Waals surface area contributed by atoms with E-state index in [0.717, 1.165) is 12.8 Å². The molecule has 0 spiro atoms. The zero-order chi connectivity index (χ0) is 22.3. The van der Waals surface area contributed by atoms with Crippen LogP contribution in [0, 0.1) is 11.8 Å². The van der Waals surface area contributed by atoms with E-state index < -0.39 is 23.8 Å². The molecule has 3 atom stereocenters. The van der Waals surface area contributed by atoms with Gasteiger partial charge in [-0.3, -0.25) is 9.59 Å². The second-order valence-electron chi connectivity index (χ2n) is 7.56. The van der Waals surface area contributed by atoms with Gasteiger partial charge >= 0.3 is 5.97 Å². The Hall–Kier alpha value is -1.93. The fourth-order valence-electron chi connectivity index (χ4n) is 3.43. The highest BCUT2D eigenvalue weighted by atomic mass is 16.4. The molecular weight excluding hydrogens is 376 g/mol. The quantitative estimate of drug-likeness (QED) is 0.236. The molecule has 168 valence electrons. The molecule has 0 saturated carbocycles. The minimum absolute atomic E-state index is 0.111. The predicted octanol–water partition coefficient (Wildman–Crippen LogP) is 0.545. The third-order valence-electron chi connectivity index (χ3n) is 5.29. The van der Waals surface area contributed by atoms with Crippen LogP contribution in [0.2, 0.25) is 0 Å². The van der Waals surface area contributed by atoms with Crippen molar-refractivity contribution >= 4 is 17.8 Å². The number of aliphatic hydroxyl groups excluding tert-OH is 1. The van der Waals surface area contributed by atoms with Gasteiger partial charge in [0, 0.05) is 12.3 Å². The monoisotopic (exact) mass is 414 g/mol. The molecule has 29 heavy (non-hydrogen) atoms. The standard InChI is InChI=1S/C21H38N2O6/c1-4-7-8-9-10-19(25)22-11-12-23(13-14-24,15-17(5-2)20(26)27)16-18(6-3)21(28)29/h8-9,17-18,24H,4-7,10-16H2,1-3H3,(H2-,22,25,26,27,28,29)/b9-8+. The predicted molar refractivity (Wildman–Crippen MR) is 109 cm³/mol. The summed E-state index contributed by atoms with van der Waals surface area (Å²) in [6, 6.07) is 0. The lowest BCUT2D eigenvalue weighted by Gasteiger charge is -2.42. The van der Waals surface area contributed by atoms with Crippen molar-refractivity contribution < 1.29 is 34.2 Å². The van der Waals surface area contributed by atoms with Crippen molar-refractivity contribution in [1.29, 1.82) is 0 Å². The lowest BCUT2D eigenvalue weighted by molar-refractivity contribution is -0.932. The van der Waals surface area contributed by atoms with Crippen LogP contribution in [-0.4, -0.2) is 71.9 Å². The number of aliphatic carboxylic acids is 2. The van der Waals surface area contributed by atoms with Crippen molar-refractivity contribution in [3.8, 4) is 0 Å². The van der Waals surface area contributed by atoms with Crippen LogP contribution in [0.1, 0.15) is 52.9 Å². The lowest BCUT2D eigenvalue weighted by atomic mass is 10.00. The molecule has 0 fully saturated rings. The molecule has 0 aromatic carbocycles. The second kappa shape index (κ2) is 15.0. The first-order valence-corrected chi connectivity index (χ1v) is 10.6. The van der Waals surface area contributed by atoms with Crippen molar-refractivity contribution in [2.45, 2.75) is 52.9 Å². The highest BCUT2D eigenvalue weighted by Gasteiger charge is 2.35. The number of carboxylic acids is 2. The van der Waals surface area contributed by atoms with Gasteiger partial charge in [0.15, 0.2) is 0 Å². The number of amides is 1. The molecule has 0 bridgehead atoms. The number of nitrogens with zero attached hydrogens (tertiary/aromatic N) is 1. The molecular formula is C21H38N2O6. The maximum Gasteiger partial charge on any atom is 0.312 e. The number of hydrogen-bond donors (Lipinski definition) is 3. The fraction of sp³-hybridized carbons (Fsp3) is 0.762. The van der Waals surface area contributed by atoms with Crippen LogP contribution in [0.4, 0.5) is 0 Å². The van der Waals surface area contributed by atoms with Gasteiger partial charge in [0.1, 0.15) is 12.5 Å². The molecule has 0 aliphatic rings. The Morgan fingerprint density at radius 2 is 1.66 bits per heavy atom. The van der Waals surface area contributed by atoms with Crippen LogP contribution in [0.3, 0.4) is 0 Å². The van der Waals surface area contributed by atoms with Crippen molar-refractivity contribution in [3.05, 3.63) is 12.2 Å². The summed E-state index contributed by atoms with van der Waals surface area (Å²) < 4.78 is 0.111. The van der Waals surface area contributed by atoms with E-state index in [1.165, 1.54) is 0 Å². The average molecular weight is 415 g/mol. The third-order valence-corrected chi connectivity index (χ3v) is 5.29. The molecule has 0 aromatic heterocycles. The molecule has 0 aliphatic heterocycles. The van der Waals surface area contributed by atoms with Gasteiger partial charge in [0.25, 0.3) is 0 Å². The first kappa shape index (κ1) is 27.1. The van der Waals surface area contributed by atoms with Crippen LogP contribution < -0.4 is 10.4 Å². The van der Waals surface area contributed by atoms with Crippen molar-refractivity contribution in [3.63, 3.8) is 0 Å². The molecule has 0 radical (unpaired) electrons. The highest BCUT2D eigenvalue weighted by molar-refractivity contribution is 5.77. The first-order chi connectivity index (χ1) is 13.7. The molecule has 0 heterocycles. The van der Waals surface area contributed by atoms with Gasteiger partial charge in [-0.1, -0.05) is 39.3 Å². The van der Waals surface area contributed by atoms with Gasteiger partial charge in [0.2, 0.25) is 5.91 Å². The number of carbonyl (C=O) groups excluding carboxylic acids is 2. The van der Waals surface area contributed by atoms with E-state index in [4.69, 9.17) is 0 Å². The number of hydrogen-bond acceptors (Lipinski definition) is 5. The topological polar surface area (TPSA) is 127 Å². The van der Waals surface area contributed by atoms with Crippen molar-refractivity contribution in [2.24, 2.45) is 11.8 Å². The SMILES string of the molecule is CCC/C=C/CC(=O)NCC[N+](CCO)(CC(CC)C(=O)[O-])CC(CC)C(=O)O. The lowest BCUT2D eigenvalue weighted by Crippen LogP contribution is -2.59. The van der Waals surface area contributed by atoms with E-state index in [-0.39, 0.29) is 49.6 Å². The van der Waals surface area contributed by atoms with Crippen LogP contribution in [-0.2, 0) is 14.4 Å². The number of aliphatic hydroxyl groups is 1. The normalized spacial score (nSPS) is 15.6. The largest absolute Gasteiger partial charge is 0.550 e. The number of allylic oxidation sites excluding steroid dienone is 1. The van der Waals surface area contributed by atoms with E-state index in [9.17, 15) is 29.7 Å². The van der Waals surface area contributed by atoms with Crippen LogP contribution in [0.15, 0.2) is 12.2 Å². The Labute approximate surface area is 174 Å². The Morgan fingerprint density at radius 3 is 2.14 bits per heavy atom. The van der Waals surface area contributed by atoms with Crippen LogP contribution >= 0.6 is 0 Å². The number of nitrogens with one attached hydrogen (secondary N) is 1. The first-order valence-electron chi connectivity index (χ1n) is 10.6. The summed E-state index contributed by atoms with van der Waals surface area (Å²) in [6.45, 7) is 6.57. The number of rotatable bonds is 17. The summed E-state index contributed by atoms with van der Waals surface area (Å²) in [5, 5.41) is 33.4. The molecule has 0 rings (SSSR count). The van der Waals surface area contributed by atoms with Gasteiger partial charge < -0.3 is 29.9 Å². The molecule has 0 saturated heterocycles. The number of carbonyl (C=O) groups is 3. The summed E-state index contributed by atoms with van der Waals surface area (Å²) in [5.74, 6) is -3.67. The van der Waals surface area contributed by atoms with Gasteiger partial charge in [0.05, 0.1) is 38.8 Å². The molecule has 0 aliphatic carbocycles. The maximum absolute atomic E-state index is 12.0. The summed E-state index contributed by atoms with van der Waals surface area (Å²) in [5.41, 5.74) is 0. The molecule has 3 unspecified atom stereocenters. The van der Waals surface area contributed by atoms with Crippen molar-refractivity contribution in [1.82, 2.24) is 5.32 Å². The Morgan fingerprint density at radius 1 is 1.03 bits per heavy atom. The summed E-state index contributed by atoms with van der Waals surface area (Å²) >= 11 is 0. The summed E-state index contributed by atoms with van der Waals surface area (Å²) in [7, 11) is 0. The Kier molecular flexibility index (Phi) is 14.0. The van der Waals surface area contributed by atoms with E-state index in [0.29, 0.717) is 19.4 Å². The molecule has 8 heteroatoms. The molecule has 0 aromatic rings. The Bertz CT molecular complexity index is 511. The van der Waals surface area contributed by atoms with Crippen LogP contribution in [0.5, 0.6) is 0 Å². The molecule has 8 nitrogen and oxygen atoms in total. The maximum atomic E-state index is 12.0. The molecule has 3 N–H and O–H groups in total. The molecule has 1 amide bonds. The highest BCUT2D eigenvalue weighted by Crippen LogP contribution is 2.19. The number of carboxylic acid groups (broad SMARTS) is 2. The van der Waals surface area contributed by atoms with Gasteiger partial charge in [-0.2, -0.15) is 0 Å².